The van der Waals surface area contributed by atoms with Crippen molar-refractivity contribution in [3.63, 3.8) is 0 Å². The molecule has 0 saturated carbocycles. The minimum atomic E-state index is -0.252. The van der Waals surface area contributed by atoms with Gasteiger partial charge in [-0.2, -0.15) is 0 Å². The second-order valence-electron chi connectivity index (χ2n) is 9.19. The van der Waals surface area contributed by atoms with Gasteiger partial charge in [-0.15, -0.1) is 0 Å². The smallest absolute Gasteiger partial charge is 0.308 e. The van der Waals surface area contributed by atoms with Gasteiger partial charge < -0.3 is 47.4 Å². The first-order valence-corrected chi connectivity index (χ1v) is 15.6. The fourth-order valence-corrected chi connectivity index (χ4v) is 3.37. The second kappa shape index (κ2) is 35.8. The van der Waals surface area contributed by atoms with E-state index >= 15 is 0 Å². The van der Waals surface area contributed by atoms with Crippen LogP contribution in [0.15, 0.2) is 0 Å². The summed E-state index contributed by atoms with van der Waals surface area (Å²) in [5.74, 6) is -0.398. The van der Waals surface area contributed by atoms with E-state index in [4.69, 9.17) is 47.4 Å². The molecular weight excluding hydrogens is 552 g/mol. The number of hydrogen-bond donors (Lipinski definition) is 0. The SMILES string of the molecule is CCCCCCCCC(=O)OCCOCCOCCOCCOCCOCCOCCOCCOCCC(=O)OCC. The molecule has 0 radical (unpaired) electrons. The molecule has 0 saturated heterocycles. The van der Waals surface area contributed by atoms with Crippen LogP contribution in [0.2, 0.25) is 0 Å². The largest absolute Gasteiger partial charge is 0.466 e. The van der Waals surface area contributed by atoms with Crippen molar-refractivity contribution in [2.45, 2.75) is 65.2 Å². The molecule has 0 fully saturated rings. The molecule has 0 bridgehead atoms. The number of carbonyl (C=O) groups excluding carboxylic acids is 2. The van der Waals surface area contributed by atoms with Crippen LogP contribution in [-0.4, -0.2) is 131 Å². The number of ether oxygens (including phenoxy) is 10. The van der Waals surface area contributed by atoms with Gasteiger partial charge in [0.1, 0.15) is 6.61 Å². The molecule has 0 spiro atoms. The van der Waals surface area contributed by atoms with Crippen LogP contribution in [0.5, 0.6) is 0 Å². The van der Waals surface area contributed by atoms with Crippen LogP contribution < -0.4 is 0 Å². The fraction of sp³-hybridized carbons (Fsp3) is 0.933. The van der Waals surface area contributed by atoms with Gasteiger partial charge in [0.25, 0.3) is 0 Å². The predicted molar refractivity (Wildman–Crippen MR) is 157 cm³/mol. The summed E-state index contributed by atoms with van der Waals surface area (Å²) >= 11 is 0. The third-order valence-corrected chi connectivity index (χ3v) is 5.59. The first-order chi connectivity index (χ1) is 20.7. The summed E-state index contributed by atoms with van der Waals surface area (Å²) in [5, 5.41) is 0. The maximum atomic E-state index is 11.6. The topological polar surface area (TPSA) is 126 Å². The van der Waals surface area contributed by atoms with Gasteiger partial charge in [-0.3, -0.25) is 9.59 Å². The van der Waals surface area contributed by atoms with E-state index in [1.165, 1.54) is 25.7 Å². The Labute approximate surface area is 253 Å². The van der Waals surface area contributed by atoms with Crippen molar-refractivity contribution in [1.29, 1.82) is 0 Å². The van der Waals surface area contributed by atoms with Gasteiger partial charge in [-0.1, -0.05) is 39.0 Å². The van der Waals surface area contributed by atoms with Crippen molar-refractivity contribution in [1.82, 2.24) is 0 Å². The fourth-order valence-electron chi connectivity index (χ4n) is 3.37. The first kappa shape index (κ1) is 40.6. The Kier molecular flexibility index (Phi) is 34.6. The van der Waals surface area contributed by atoms with Crippen LogP contribution in [0.1, 0.15) is 65.2 Å². The van der Waals surface area contributed by atoms with Gasteiger partial charge in [-0.25, -0.2) is 0 Å². The van der Waals surface area contributed by atoms with E-state index in [1.54, 1.807) is 6.92 Å². The van der Waals surface area contributed by atoms with E-state index in [0.717, 1.165) is 12.8 Å². The number of carbonyl (C=O) groups is 2. The van der Waals surface area contributed by atoms with Crippen molar-refractivity contribution < 1.29 is 57.0 Å². The molecule has 0 unspecified atom stereocenters. The molecule has 0 heterocycles. The number of unbranched alkanes of at least 4 members (excludes halogenated alkanes) is 5. The average Bonchev–Trinajstić information content (AvgIpc) is 2.98. The van der Waals surface area contributed by atoms with E-state index in [9.17, 15) is 9.59 Å². The summed E-state index contributed by atoms with van der Waals surface area (Å²) in [7, 11) is 0. The molecule has 0 N–H and O–H groups in total. The van der Waals surface area contributed by atoms with Gasteiger partial charge in [0.2, 0.25) is 0 Å². The highest BCUT2D eigenvalue weighted by Gasteiger charge is 2.03. The van der Waals surface area contributed by atoms with Crippen molar-refractivity contribution in [3.05, 3.63) is 0 Å². The second-order valence-corrected chi connectivity index (χ2v) is 9.19. The maximum absolute atomic E-state index is 11.6. The van der Waals surface area contributed by atoms with Crippen molar-refractivity contribution in [2.75, 3.05) is 119 Å². The van der Waals surface area contributed by atoms with Crippen molar-refractivity contribution in [2.24, 2.45) is 0 Å². The first-order valence-electron chi connectivity index (χ1n) is 15.6. The van der Waals surface area contributed by atoms with E-state index in [1.807, 2.05) is 0 Å². The average molecular weight is 611 g/mol. The molecule has 0 amide bonds. The quantitative estimate of drug-likeness (QED) is 0.0771. The van der Waals surface area contributed by atoms with Gasteiger partial charge in [-0.05, 0) is 13.3 Å². The van der Waals surface area contributed by atoms with Crippen molar-refractivity contribution in [3.8, 4) is 0 Å². The van der Waals surface area contributed by atoms with E-state index < -0.39 is 0 Å². The molecule has 12 nitrogen and oxygen atoms in total. The Balaban J connectivity index is 3.11. The monoisotopic (exact) mass is 610 g/mol. The van der Waals surface area contributed by atoms with E-state index in [2.05, 4.69) is 6.92 Å². The van der Waals surface area contributed by atoms with Crippen LogP contribution in [0, 0.1) is 0 Å². The van der Waals surface area contributed by atoms with Crippen LogP contribution in [0.4, 0.5) is 0 Å². The molecule has 0 aliphatic rings. The Morgan fingerprint density at radius 1 is 0.357 bits per heavy atom. The predicted octanol–water partition coefficient (Wildman–Crippen LogP) is 3.37. The lowest BCUT2D eigenvalue weighted by Crippen LogP contribution is -2.15. The number of esters is 2. The minimum Gasteiger partial charge on any atom is -0.466 e. The zero-order valence-electron chi connectivity index (χ0n) is 26.3. The third-order valence-electron chi connectivity index (χ3n) is 5.59. The highest BCUT2D eigenvalue weighted by molar-refractivity contribution is 5.69. The molecule has 250 valence electrons. The molecule has 0 rings (SSSR count). The van der Waals surface area contributed by atoms with Crippen LogP contribution in [0.25, 0.3) is 0 Å². The minimum absolute atomic E-state index is 0.146. The number of rotatable bonds is 35. The molecule has 0 aliphatic carbocycles. The molecule has 0 aromatic rings. The summed E-state index contributed by atoms with van der Waals surface area (Å²) < 4.78 is 53.3. The molecule has 0 atom stereocenters. The Bertz CT molecular complexity index is 564. The molecule has 0 aromatic heterocycles. The zero-order chi connectivity index (χ0) is 30.6. The highest BCUT2D eigenvalue weighted by atomic mass is 16.6. The Hall–Kier alpha value is -1.38. The standard InChI is InChI=1S/C30H58O12/c1-3-5-6-7-8-9-10-29(31)42-28-27-40-26-25-39-24-23-38-22-21-37-20-19-36-18-17-35-16-15-34-14-13-33-12-11-30(32)41-4-2/h3-28H2,1-2H3. The molecule has 0 aliphatic heterocycles. The lowest BCUT2D eigenvalue weighted by molar-refractivity contribution is -0.146. The molecule has 42 heavy (non-hydrogen) atoms. The Morgan fingerprint density at radius 3 is 1.10 bits per heavy atom. The summed E-state index contributed by atoms with van der Waals surface area (Å²) in [4.78, 5) is 22.8. The van der Waals surface area contributed by atoms with Crippen LogP contribution in [0.3, 0.4) is 0 Å². The lowest BCUT2D eigenvalue weighted by Gasteiger charge is -2.09. The van der Waals surface area contributed by atoms with E-state index in [-0.39, 0.29) is 25.0 Å². The summed E-state index contributed by atoms with van der Waals surface area (Å²) in [6, 6.07) is 0. The Morgan fingerprint density at radius 2 is 0.690 bits per heavy atom. The van der Waals surface area contributed by atoms with Gasteiger partial charge in [0.05, 0.1) is 119 Å². The normalized spacial score (nSPS) is 11.2. The molecule has 12 heteroatoms. The summed E-state index contributed by atoms with van der Waals surface area (Å²) in [6.45, 7) is 12.0. The van der Waals surface area contributed by atoms with Crippen molar-refractivity contribution >= 4 is 11.9 Å². The van der Waals surface area contributed by atoms with Gasteiger partial charge >= 0.3 is 11.9 Å². The van der Waals surface area contributed by atoms with Crippen LogP contribution >= 0.6 is 0 Å². The lowest BCUT2D eigenvalue weighted by atomic mass is 10.1. The zero-order valence-corrected chi connectivity index (χ0v) is 26.3. The van der Waals surface area contributed by atoms with Crippen LogP contribution in [-0.2, 0) is 57.0 Å². The third kappa shape index (κ3) is 34.8. The van der Waals surface area contributed by atoms with Gasteiger partial charge in [0, 0.05) is 6.42 Å². The van der Waals surface area contributed by atoms with E-state index in [0.29, 0.717) is 119 Å². The molecular formula is C30H58O12. The highest BCUT2D eigenvalue weighted by Crippen LogP contribution is 2.07. The molecule has 0 aromatic carbocycles. The summed E-state index contributed by atoms with van der Waals surface area (Å²) in [5.41, 5.74) is 0. The number of hydrogen-bond acceptors (Lipinski definition) is 12. The maximum Gasteiger partial charge on any atom is 0.308 e. The summed E-state index contributed by atoms with van der Waals surface area (Å²) in [6.07, 6.45) is 7.67. The van der Waals surface area contributed by atoms with Gasteiger partial charge in [0.15, 0.2) is 0 Å².